The van der Waals surface area contributed by atoms with Crippen LogP contribution in [-0.2, 0) is 17.8 Å². The first-order chi connectivity index (χ1) is 17.1. The normalized spacial score (nSPS) is 21.3. The average molecular weight is 490 g/mol. The number of aromatic nitrogens is 1. The van der Waals surface area contributed by atoms with Gasteiger partial charge in [-0.3, -0.25) is 9.59 Å². The van der Waals surface area contributed by atoms with Crippen LogP contribution in [0, 0.1) is 0 Å². The van der Waals surface area contributed by atoms with E-state index in [0.717, 1.165) is 43.4 Å². The van der Waals surface area contributed by atoms with E-state index in [4.69, 9.17) is 0 Å². The Morgan fingerprint density at radius 1 is 0.971 bits per heavy atom. The number of thiophene rings is 1. The number of nitrogens with one attached hydrogen (secondary N) is 1. The zero-order chi connectivity index (χ0) is 24.3. The van der Waals surface area contributed by atoms with Gasteiger partial charge >= 0.3 is 0 Å². The summed E-state index contributed by atoms with van der Waals surface area (Å²) in [5, 5.41) is 5.44. The van der Waals surface area contributed by atoms with Gasteiger partial charge in [0, 0.05) is 23.2 Å². The molecule has 0 radical (unpaired) electrons. The maximum absolute atomic E-state index is 14.0. The molecule has 0 saturated heterocycles. The van der Waals surface area contributed by atoms with E-state index in [9.17, 15) is 9.59 Å². The fraction of sp³-hybridized carbons (Fsp3) is 0.448. The second kappa shape index (κ2) is 10.4. The number of benzene rings is 1. The first kappa shape index (κ1) is 23.9. The van der Waals surface area contributed by atoms with Crippen molar-refractivity contribution in [2.75, 3.05) is 6.54 Å². The van der Waals surface area contributed by atoms with Crippen LogP contribution in [0.1, 0.15) is 67.2 Å². The lowest BCUT2D eigenvalue weighted by molar-refractivity contribution is -0.133. The number of amides is 2. The van der Waals surface area contributed by atoms with Gasteiger partial charge < -0.3 is 14.8 Å². The molecule has 5 nitrogen and oxygen atoms in total. The molecule has 2 aromatic heterocycles. The van der Waals surface area contributed by atoms with Gasteiger partial charge in [0.1, 0.15) is 11.2 Å². The molecule has 184 valence electrons. The quantitative estimate of drug-likeness (QED) is 0.468. The van der Waals surface area contributed by atoms with Gasteiger partial charge in [-0.25, -0.2) is 0 Å². The van der Waals surface area contributed by atoms with Gasteiger partial charge in [0.25, 0.3) is 5.91 Å². The standard InChI is InChI=1S/C29H35N3O2S/c1-29(28(34)30-23-13-8-3-2-4-9-14-23)21-31-25(22-11-6-5-7-12-22)16-17-26(31)27(33)32(29)19-18-24-15-10-20-35-24/h5-7,10-12,15-17,20,23H,2-4,8-9,13-14,18-19,21H2,1H3,(H,30,34)/t29-/m1/s1. The van der Waals surface area contributed by atoms with E-state index in [1.54, 1.807) is 11.3 Å². The number of rotatable bonds is 6. The number of fused-ring (bicyclic) bond motifs is 1. The molecule has 2 aliphatic rings. The first-order valence-corrected chi connectivity index (χ1v) is 13.8. The molecule has 3 heterocycles. The van der Waals surface area contributed by atoms with E-state index >= 15 is 0 Å². The molecule has 1 aliphatic heterocycles. The number of hydrogen-bond donors (Lipinski definition) is 1. The van der Waals surface area contributed by atoms with Crippen molar-refractivity contribution in [1.82, 2.24) is 14.8 Å². The minimum Gasteiger partial charge on any atom is -0.351 e. The molecule has 3 aromatic rings. The Kier molecular flexibility index (Phi) is 7.09. The molecule has 0 bridgehead atoms. The number of hydrogen-bond acceptors (Lipinski definition) is 3. The summed E-state index contributed by atoms with van der Waals surface area (Å²) in [7, 11) is 0. The third kappa shape index (κ3) is 4.94. The molecule has 35 heavy (non-hydrogen) atoms. The third-order valence-electron chi connectivity index (χ3n) is 7.67. The summed E-state index contributed by atoms with van der Waals surface area (Å²) in [6.07, 6.45) is 8.88. The maximum Gasteiger partial charge on any atom is 0.271 e. The molecule has 0 spiro atoms. The maximum atomic E-state index is 14.0. The van der Waals surface area contributed by atoms with Crippen molar-refractivity contribution in [2.45, 2.75) is 76.4 Å². The monoisotopic (exact) mass is 489 g/mol. The summed E-state index contributed by atoms with van der Waals surface area (Å²) >= 11 is 1.70. The van der Waals surface area contributed by atoms with Crippen LogP contribution >= 0.6 is 11.3 Å². The van der Waals surface area contributed by atoms with Crippen LogP contribution in [0.15, 0.2) is 60.0 Å². The van der Waals surface area contributed by atoms with Gasteiger partial charge in [-0.1, -0.05) is 68.5 Å². The van der Waals surface area contributed by atoms with E-state index in [-0.39, 0.29) is 17.9 Å². The van der Waals surface area contributed by atoms with Crippen LogP contribution in [0.25, 0.3) is 11.3 Å². The Labute approximate surface area is 212 Å². The molecule has 1 saturated carbocycles. The summed E-state index contributed by atoms with van der Waals surface area (Å²) in [5.74, 6) is -0.0914. The van der Waals surface area contributed by atoms with E-state index < -0.39 is 5.54 Å². The van der Waals surface area contributed by atoms with Crippen molar-refractivity contribution >= 4 is 23.2 Å². The molecule has 1 fully saturated rings. The minimum atomic E-state index is -0.952. The molecular formula is C29H35N3O2S. The Morgan fingerprint density at radius 3 is 2.40 bits per heavy atom. The smallest absolute Gasteiger partial charge is 0.271 e. The predicted molar refractivity (Wildman–Crippen MR) is 142 cm³/mol. The summed E-state index contributed by atoms with van der Waals surface area (Å²) < 4.78 is 2.05. The van der Waals surface area contributed by atoms with Crippen molar-refractivity contribution in [2.24, 2.45) is 0 Å². The molecule has 1 aromatic carbocycles. The van der Waals surface area contributed by atoms with Gasteiger partial charge in [0.2, 0.25) is 5.91 Å². The lowest BCUT2D eigenvalue weighted by Crippen LogP contribution is -2.65. The fourth-order valence-corrected chi connectivity index (χ4v) is 6.30. The lowest BCUT2D eigenvalue weighted by Gasteiger charge is -2.45. The predicted octanol–water partition coefficient (Wildman–Crippen LogP) is 5.90. The third-order valence-corrected chi connectivity index (χ3v) is 8.60. The van der Waals surface area contributed by atoms with Crippen LogP contribution in [0.5, 0.6) is 0 Å². The highest BCUT2D eigenvalue weighted by molar-refractivity contribution is 7.09. The molecular weight excluding hydrogens is 454 g/mol. The highest BCUT2D eigenvalue weighted by Crippen LogP contribution is 2.34. The second-order valence-electron chi connectivity index (χ2n) is 10.1. The summed E-state index contributed by atoms with van der Waals surface area (Å²) in [6, 6.07) is 18.4. The Balaban J connectivity index is 1.46. The van der Waals surface area contributed by atoms with E-state index in [2.05, 4.69) is 33.5 Å². The largest absolute Gasteiger partial charge is 0.351 e. The van der Waals surface area contributed by atoms with Crippen molar-refractivity contribution in [3.8, 4) is 11.3 Å². The zero-order valence-electron chi connectivity index (χ0n) is 20.5. The number of nitrogens with zero attached hydrogens (tertiary/aromatic N) is 2. The second-order valence-corrected chi connectivity index (χ2v) is 11.2. The van der Waals surface area contributed by atoms with Crippen LogP contribution in [0.3, 0.4) is 0 Å². The van der Waals surface area contributed by atoms with Crippen molar-refractivity contribution in [3.63, 3.8) is 0 Å². The SMILES string of the molecule is C[C@]1(C(=O)NC2CCCCCCC2)Cn2c(ccc2-c2ccccc2)C(=O)N1CCc1cccs1. The van der Waals surface area contributed by atoms with Gasteiger partial charge in [0.05, 0.1) is 6.54 Å². The molecule has 6 heteroatoms. The summed E-state index contributed by atoms with van der Waals surface area (Å²) in [4.78, 5) is 30.9. The number of carbonyl (C=O) groups excluding carboxylic acids is 2. The topological polar surface area (TPSA) is 54.3 Å². The highest BCUT2D eigenvalue weighted by Gasteiger charge is 2.48. The summed E-state index contributed by atoms with van der Waals surface area (Å²) in [5.41, 5.74) is 1.75. The van der Waals surface area contributed by atoms with E-state index in [1.807, 2.05) is 48.2 Å². The molecule has 2 amide bonds. The van der Waals surface area contributed by atoms with Crippen LogP contribution in [0.4, 0.5) is 0 Å². The average Bonchev–Trinajstić information content (AvgIpc) is 3.51. The first-order valence-electron chi connectivity index (χ1n) is 13.0. The lowest BCUT2D eigenvalue weighted by atomic mass is 9.91. The van der Waals surface area contributed by atoms with Gasteiger partial charge in [-0.05, 0) is 55.3 Å². The summed E-state index contributed by atoms with van der Waals surface area (Å²) in [6.45, 7) is 2.93. The van der Waals surface area contributed by atoms with Crippen LogP contribution < -0.4 is 5.32 Å². The Hall–Kier alpha value is -2.86. The minimum absolute atomic E-state index is 0.0269. The Morgan fingerprint density at radius 2 is 1.69 bits per heavy atom. The van der Waals surface area contributed by atoms with Gasteiger partial charge in [0.15, 0.2) is 0 Å². The van der Waals surface area contributed by atoms with E-state index in [0.29, 0.717) is 18.8 Å². The van der Waals surface area contributed by atoms with Gasteiger partial charge in [-0.2, -0.15) is 0 Å². The zero-order valence-corrected chi connectivity index (χ0v) is 21.4. The van der Waals surface area contributed by atoms with Crippen molar-refractivity contribution in [1.29, 1.82) is 0 Å². The van der Waals surface area contributed by atoms with Crippen LogP contribution in [0.2, 0.25) is 0 Å². The highest BCUT2D eigenvalue weighted by atomic mass is 32.1. The molecule has 0 unspecified atom stereocenters. The molecule has 1 atom stereocenters. The van der Waals surface area contributed by atoms with Crippen molar-refractivity contribution in [3.05, 3.63) is 70.5 Å². The van der Waals surface area contributed by atoms with Crippen molar-refractivity contribution < 1.29 is 9.59 Å². The van der Waals surface area contributed by atoms with Crippen LogP contribution in [-0.4, -0.2) is 39.4 Å². The van der Waals surface area contributed by atoms with Gasteiger partial charge in [-0.15, -0.1) is 11.3 Å². The molecule has 5 rings (SSSR count). The molecule has 1 N–H and O–H groups in total. The molecule has 1 aliphatic carbocycles. The Bertz CT molecular complexity index is 1150. The fourth-order valence-electron chi connectivity index (χ4n) is 5.60. The number of carbonyl (C=O) groups is 2. The van der Waals surface area contributed by atoms with E-state index in [1.165, 1.54) is 24.1 Å².